The van der Waals surface area contributed by atoms with E-state index in [1.165, 1.54) is 23.1 Å². The number of benzene rings is 3. The van der Waals surface area contributed by atoms with E-state index in [0.717, 1.165) is 15.5 Å². The number of nitrogens with one attached hydrogen (secondary N) is 3. The van der Waals surface area contributed by atoms with Crippen LogP contribution < -0.4 is 20.7 Å². The average Bonchev–Trinajstić information content (AvgIpc) is 3.47. The first-order chi connectivity index (χ1) is 18.9. The Morgan fingerprint density at radius 2 is 1.51 bits per heavy atom. The Hall–Kier alpha value is -4.34. The van der Waals surface area contributed by atoms with Crippen molar-refractivity contribution in [3.63, 3.8) is 0 Å². The lowest BCUT2D eigenvalue weighted by Gasteiger charge is -2.13. The topological polar surface area (TPSA) is 96.5 Å². The van der Waals surface area contributed by atoms with Crippen molar-refractivity contribution in [2.24, 2.45) is 0 Å². The first-order valence-electron chi connectivity index (χ1n) is 12.1. The molecule has 3 amide bonds. The molecule has 1 unspecified atom stereocenters. The van der Waals surface area contributed by atoms with Crippen LogP contribution in [0.15, 0.2) is 107 Å². The molecule has 0 aliphatic heterocycles. The number of rotatable bonds is 10. The zero-order valence-electron chi connectivity index (χ0n) is 21.3. The predicted octanol–water partition coefficient (Wildman–Crippen LogP) is 6.29. The van der Waals surface area contributed by atoms with Gasteiger partial charge in [0.2, 0.25) is 5.91 Å². The fourth-order valence-corrected chi connectivity index (χ4v) is 4.97. The molecule has 0 saturated carbocycles. The molecule has 0 aliphatic carbocycles. The molecule has 9 heteroatoms. The van der Waals surface area contributed by atoms with Crippen LogP contribution in [0.3, 0.4) is 0 Å². The van der Waals surface area contributed by atoms with Gasteiger partial charge in [0.25, 0.3) is 11.8 Å². The molecule has 0 saturated heterocycles. The Balaban J connectivity index is 1.38. The number of carbonyl (C=O) groups excluding carboxylic acids is 3. The second-order valence-corrected chi connectivity index (χ2v) is 10.7. The van der Waals surface area contributed by atoms with E-state index in [2.05, 4.69) is 16.0 Å². The molecule has 4 rings (SSSR count). The summed E-state index contributed by atoms with van der Waals surface area (Å²) in [5, 5.41) is 10.0. The summed E-state index contributed by atoms with van der Waals surface area (Å²) in [6.45, 7) is 1.83. The van der Waals surface area contributed by atoms with Crippen molar-refractivity contribution in [2.45, 2.75) is 17.1 Å². The second-order valence-electron chi connectivity index (χ2n) is 8.35. The van der Waals surface area contributed by atoms with Crippen LogP contribution >= 0.6 is 23.1 Å². The molecule has 3 aromatic carbocycles. The largest absolute Gasteiger partial charge is 0.497 e. The number of hydrogen-bond donors (Lipinski definition) is 3. The van der Waals surface area contributed by atoms with Gasteiger partial charge in [0.15, 0.2) is 0 Å². The molecule has 0 fully saturated rings. The molecule has 198 valence electrons. The molecule has 0 bridgehead atoms. The number of ether oxygens (including phenoxy) is 1. The third kappa shape index (κ3) is 8.07. The van der Waals surface area contributed by atoms with E-state index in [1.54, 1.807) is 73.8 Å². The van der Waals surface area contributed by atoms with E-state index >= 15 is 0 Å². The quantitative estimate of drug-likeness (QED) is 0.157. The lowest BCUT2D eigenvalue weighted by molar-refractivity contribution is -0.115. The minimum Gasteiger partial charge on any atom is -0.497 e. The van der Waals surface area contributed by atoms with E-state index < -0.39 is 5.91 Å². The summed E-state index contributed by atoms with van der Waals surface area (Å²) in [7, 11) is 1.59. The Morgan fingerprint density at radius 1 is 0.846 bits per heavy atom. The first kappa shape index (κ1) is 27.7. The van der Waals surface area contributed by atoms with Crippen LogP contribution in [0.5, 0.6) is 5.75 Å². The van der Waals surface area contributed by atoms with Gasteiger partial charge < -0.3 is 20.7 Å². The van der Waals surface area contributed by atoms with Crippen molar-refractivity contribution in [3.8, 4) is 5.75 Å². The summed E-state index contributed by atoms with van der Waals surface area (Å²) < 4.78 is 5.14. The molecule has 0 radical (unpaired) electrons. The van der Waals surface area contributed by atoms with Crippen molar-refractivity contribution in [1.82, 2.24) is 5.32 Å². The lowest BCUT2D eigenvalue weighted by Crippen LogP contribution is -2.30. The molecule has 0 spiro atoms. The fourth-order valence-electron chi connectivity index (χ4n) is 3.45. The van der Waals surface area contributed by atoms with Gasteiger partial charge in [-0.05, 0) is 85.1 Å². The van der Waals surface area contributed by atoms with Gasteiger partial charge in [-0.2, -0.15) is 0 Å². The number of thioether (sulfide) groups is 1. The van der Waals surface area contributed by atoms with Gasteiger partial charge in [-0.15, -0.1) is 23.1 Å². The van der Waals surface area contributed by atoms with E-state index in [9.17, 15) is 14.4 Å². The summed E-state index contributed by atoms with van der Waals surface area (Å²) in [4.78, 5) is 40.2. The lowest BCUT2D eigenvalue weighted by atomic mass is 10.2. The number of hydrogen-bond acceptors (Lipinski definition) is 6. The Kier molecular flexibility index (Phi) is 9.55. The van der Waals surface area contributed by atoms with E-state index in [0.29, 0.717) is 16.9 Å². The highest BCUT2D eigenvalue weighted by Crippen LogP contribution is 2.26. The molecule has 7 nitrogen and oxygen atoms in total. The van der Waals surface area contributed by atoms with Crippen molar-refractivity contribution in [3.05, 3.63) is 113 Å². The first-order valence-corrected chi connectivity index (χ1v) is 13.8. The highest BCUT2D eigenvalue weighted by molar-refractivity contribution is 8.00. The molecule has 4 aromatic rings. The number of methoxy groups -OCH3 is 1. The monoisotopic (exact) mass is 557 g/mol. The zero-order valence-corrected chi connectivity index (χ0v) is 23.0. The van der Waals surface area contributed by atoms with Gasteiger partial charge in [0.05, 0.1) is 12.4 Å². The summed E-state index contributed by atoms with van der Waals surface area (Å²) in [6, 6.07) is 26.8. The number of amides is 3. The van der Waals surface area contributed by atoms with Crippen molar-refractivity contribution in [2.75, 3.05) is 17.7 Å². The number of thiophene rings is 1. The molecule has 1 aromatic heterocycles. The van der Waals surface area contributed by atoms with Gasteiger partial charge in [-0.25, -0.2) is 0 Å². The summed E-state index contributed by atoms with van der Waals surface area (Å²) in [6.07, 6.45) is 1.65. The van der Waals surface area contributed by atoms with Gasteiger partial charge in [-0.3, -0.25) is 14.4 Å². The van der Waals surface area contributed by atoms with Crippen molar-refractivity contribution in [1.29, 1.82) is 0 Å². The normalized spacial score (nSPS) is 11.8. The van der Waals surface area contributed by atoms with Gasteiger partial charge >= 0.3 is 0 Å². The number of carbonyl (C=O) groups is 3. The van der Waals surface area contributed by atoms with Gasteiger partial charge in [0, 0.05) is 26.7 Å². The highest BCUT2D eigenvalue weighted by Gasteiger charge is 2.17. The van der Waals surface area contributed by atoms with Gasteiger partial charge in [0.1, 0.15) is 11.4 Å². The smallest absolute Gasteiger partial charge is 0.272 e. The third-order valence-electron chi connectivity index (χ3n) is 5.51. The summed E-state index contributed by atoms with van der Waals surface area (Å²) in [5.74, 6) is -0.224. The second kappa shape index (κ2) is 13.5. The Labute approximate surface area is 235 Å². The van der Waals surface area contributed by atoms with Crippen LogP contribution in [-0.4, -0.2) is 30.1 Å². The van der Waals surface area contributed by atoms with Crippen LogP contribution in [0.2, 0.25) is 0 Å². The Morgan fingerprint density at radius 3 is 2.15 bits per heavy atom. The van der Waals surface area contributed by atoms with Crippen molar-refractivity contribution < 1.29 is 19.1 Å². The third-order valence-corrected chi connectivity index (χ3v) is 7.44. The van der Waals surface area contributed by atoms with Crippen LogP contribution in [0.4, 0.5) is 11.4 Å². The van der Waals surface area contributed by atoms with E-state index in [1.807, 2.05) is 42.6 Å². The van der Waals surface area contributed by atoms with E-state index in [4.69, 9.17) is 4.74 Å². The van der Waals surface area contributed by atoms with Crippen LogP contribution in [0, 0.1) is 0 Å². The van der Waals surface area contributed by atoms with Crippen LogP contribution in [0.1, 0.15) is 22.2 Å². The van der Waals surface area contributed by atoms with Crippen molar-refractivity contribution >= 4 is 58.3 Å². The molecule has 0 aliphatic rings. The predicted molar refractivity (Wildman–Crippen MR) is 158 cm³/mol. The van der Waals surface area contributed by atoms with Gasteiger partial charge in [-0.1, -0.05) is 24.3 Å². The molecule has 39 heavy (non-hydrogen) atoms. The maximum absolute atomic E-state index is 13.1. The highest BCUT2D eigenvalue weighted by atomic mass is 32.2. The summed E-state index contributed by atoms with van der Waals surface area (Å²) in [5.41, 5.74) is 1.84. The minimum absolute atomic E-state index is 0.125. The molecule has 3 N–H and O–H groups in total. The standard InChI is InChI=1S/C30H27N3O4S2/c1-20(28(34)31-22-10-14-24(37-2)15-11-22)39-25-16-12-23(13-17-25)32-30(36)27(19-26-9-6-18-38-26)33-29(35)21-7-4-3-5-8-21/h3-20H,1-2H3,(H,31,34)(H,32,36)(H,33,35)/b27-19-. The summed E-state index contributed by atoms with van der Waals surface area (Å²) >= 11 is 2.87. The maximum atomic E-state index is 13.1. The molecule has 1 atom stereocenters. The minimum atomic E-state index is -0.444. The van der Waals surface area contributed by atoms with Crippen LogP contribution in [0.25, 0.3) is 6.08 Å². The Bertz CT molecular complexity index is 1440. The molecular weight excluding hydrogens is 530 g/mol. The van der Waals surface area contributed by atoms with Crippen LogP contribution in [-0.2, 0) is 9.59 Å². The number of anilines is 2. The molecule has 1 heterocycles. The maximum Gasteiger partial charge on any atom is 0.272 e. The fraction of sp³-hybridized carbons (Fsp3) is 0.100. The van der Waals surface area contributed by atoms with E-state index in [-0.39, 0.29) is 22.8 Å². The zero-order chi connectivity index (χ0) is 27.6. The SMILES string of the molecule is COc1ccc(NC(=O)C(C)Sc2ccc(NC(=O)/C(=C/c3cccs3)NC(=O)c3ccccc3)cc2)cc1. The average molecular weight is 558 g/mol. The molecular formula is C30H27N3O4S2.